The summed E-state index contributed by atoms with van der Waals surface area (Å²) in [4.78, 5) is 16.1. The number of hydrogen-bond acceptors (Lipinski definition) is 3. The van der Waals surface area contributed by atoms with E-state index in [0.717, 1.165) is 49.9 Å². The number of benzene rings is 1. The average molecular weight is 402 g/mol. The Morgan fingerprint density at radius 1 is 1.24 bits per heavy atom. The number of methoxy groups -OCH3 is 1. The summed E-state index contributed by atoms with van der Waals surface area (Å²) >= 11 is 0. The number of nitrogens with zero attached hydrogens (tertiary/aromatic N) is 1. The van der Waals surface area contributed by atoms with Crippen LogP contribution in [0.1, 0.15) is 57.9 Å². The summed E-state index contributed by atoms with van der Waals surface area (Å²) in [6.07, 6.45) is 7.18. The van der Waals surface area contributed by atoms with Gasteiger partial charge in [-0.05, 0) is 50.5 Å². The van der Waals surface area contributed by atoms with Gasteiger partial charge in [0.2, 0.25) is 5.91 Å². The van der Waals surface area contributed by atoms with Crippen LogP contribution in [0.4, 0.5) is 0 Å². The zero-order valence-electron chi connectivity index (χ0n) is 18.3. The van der Waals surface area contributed by atoms with Crippen LogP contribution in [-0.4, -0.2) is 50.2 Å². The Labute approximate surface area is 175 Å². The van der Waals surface area contributed by atoms with Crippen LogP contribution in [-0.2, 0) is 10.2 Å². The topological polar surface area (TPSA) is 55.4 Å². The minimum atomic E-state index is -0.120. The highest BCUT2D eigenvalue weighted by Gasteiger charge is 2.56. The average Bonchev–Trinajstić information content (AvgIpc) is 3.55. The van der Waals surface area contributed by atoms with E-state index in [9.17, 15) is 4.79 Å². The molecule has 0 radical (unpaired) electrons. The lowest BCUT2D eigenvalue weighted by Gasteiger charge is -2.42. The van der Waals surface area contributed by atoms with Crippen LogP contribution in [0.5, 0.6) is 11.5 Å². The summed E-state index contributed by atoms with van der Waals surface area (Å²) in [5.74, 6) is 2.86. The highest BCUT2D eigenvalue weighted by atomic mass is 16.5. The van der Waals surface area contributed by atoms with Crippen molar-refractivity contribution in [3.05, 3.63) is 23.8 Å². The third-order valence-electron chi connectivity index (χ3n) is 7.40. The predicted octanol–water partition coefficient (Wildman–Crippen LogP) is 2.73. The number of carbonyl (C=O) groups is 1. The smallest absolute Gasteiger partial charge is 0.232 e. The van der Waals surface area contributed by atoms with Crippen LogP contribution < -0.4 is 14.8 Å². The lowest BCUT2D eigenvalue weighted by molar-refractivity contribution is -0.640. The largest absolute Gasteiger partial charge is 0.493 e. The number of piperidine rings is 1. The van der Waals surface area contributed by atoms with Crippen molar-refractivity contribution in [1.82, 2.24) is 4.90 Å². The molecule has 2 N–H and O–H groups in total. The number of para-hydroxylation sites is 1. The molecular formula is C24H37N2O3+. The van der Waals surface area contributed by atoms with Crippen LogP contribution in [0.3, 0.4) is 0 Å². The predicted molar refractivity (Wildman–Crippen MR) is 113 cm³/mol. The summed E-state index contributed by atoms with van der Waals surface area (Å²) in [5.41, 5.74) is 1.06. The van der Waals surface area contributed by atoms with Crippen LogP contribution in [0, 0.1) is 11.8 Å². The zero-order valence-corrected chi connectivity index (χ0v) is 18.3. The number of quaternary nitrogens is 1. The van der Waals surface area contributed by atoms with Gasteiger partial charge in [0.15, 0.2) is 11.5 Å². The van der Waals surface area contributed by atoms with Gasteiger partial charge in [-0.25, -0.2) is 0 Å². The van der Waals surface area contributed by atoms with Gasteiger partial charge >= 0.3 is 0 Å². The lowest BCUT2D eigenvalue weighted by atomic mass is 9.68. The third kappa shape index (κ3) is 3.52. The molecule has 29 heavy (non-hydrogen) atoms. The van der Waals surface area contributed by atoms with E-state index in [4.69, 9.17) is 9.47 Å². The fourth-order valence-corrected chi connectivity index (χ4v) is 5.88. The molecule has 1 aliphatic carbocycles. The number of hydrogen-bond donors (Lipinski definition) is 1. The first-order chi connectivity index (χ1) is 14.2. The van der Waals surface area contributed by atoms with Gasteiger partial charge in [0, 0.05) is 18.2 Å². The van der Waals surface area contributed by atoms with Crippen molar-refractivity contribution in [2.75, 3.05) is 33.4 Å². The van der Waals surface area contributed by atoms with Gasteiger partial charge in [0.05, 0.1) is 32.2 Å². The van der Waals surface area contributed by atoms with Crippen molar-refractivity contribution in [3.63, 3.8) is 0 Å². The molecule has 3 aliphatic heterocycles. The van der Waals surface area contributed by atoms with E-state index in [1.54, 1.807) is 7.11 Å². The summed E-state index contributed by atoms with van der Waals surface area (Å²) in [6, 6.07) is 6.65. The van der Waals surface area contributed by atoms with E-state index < -0.39 is 0 Å². The standard InChI is InChI=1S/C22H30N2O3.C2H6/c1-26-19-7-4-5-16-20(19)27-12-10-22(16)14-23-13-17(22)21(25)24-11-3-2-6-18(24)15-8-9-15;1-2/h4-5,7,15,17-18,23H,2-3,6,8-14H2,1H3;1-2H3/p+1/t17-,18?,22-;/m0./s1. The molecule has 2 saturated heterocycles. The fraction of sp³-hybridized carbons (Fsp3) is 0.708. The number of fused-ring (bicyclic) bond motifs is 2. The Morgan fingerprint density at radius 2 is 2.07 bits per heavy atom. The van der Waals surface area contributed by atoms with Crippen molar-refractivity contribution in [2.45, 2.75) is 63.8 Å². The van der Waals surface area contributed by atoms with Gasteiger partial charge in [-0.2, -0.15) is 0 Å². The summed E-state index contributed by atoms with van der Waals surface area (Å²) in [6.45, 7) is 7.48. The molecule has 3 atom stereocenters. The van der Waals surface area contributed by atoms with E-state index in [-0.39, 0.29) is 11.3 Å². The number of amides is 1. The van der Waals surface area contributed by atoms with Gasteiger partial charge in [-0.3, -0.25) is 4.79 Å². The first-order valence-corrected chi connectivity index (χ1v) is 11.7. The van der Waals surface area contributed by atoms with E-state index in [2.05, 4.69) is 16.3 Å². The van der Waals surface area contributed by atoms with E-state index in [0.29, 0.717) is 18.6 Å². The number of likely N-dealkylation sites (tertiary alicyclic amines) is 1. The molecule has 0 bridgehead atoms. The van der Waals surface area contributed by atoms with Crippen LogP contribution >= 0.6 is 0 Å². The van der Waals surface area contributed by atoms with E-state index in [1.807, 2.05) is 26.0 Å². The van der Waals surface area contributed by atoms with Gasteiger partial charge < -0.3 is 19.7 Å². The summed E-state index contributed by atoms with van der Waals surface area (Å²) < 4.78 is 11.6. The Bertz CT molecular complexity index is 733. The van der Waals surface area contributed by atoms with Gasteiger partial charge in [0.25, 0.3) is 0 Å². The molecular weight excluding hydrogens is 364 g/mol. The molecule has 3 fully saturated rings. The second kappa shape index (κ2) is 8.55. The summed E-state index contributed by atoms with van der Waals surface area (Å²) in [7, 11) is 1.69. The molecule has 5 nitrogen and oxygen atoms in total. The number of rotatable bonds is 3. The summed E-state index contributed by atoms with van der Waals surface area (Å²) in [5, 5.41) is 2.34. The Balaban J connectivity index is 0.000000994. The second-order valence-corrected chi connectivity index (χ2v) is 8.80. The van der Waals surface area contributed by atoms with Gasteiger partial charge in [-0.1, -0.05) is 26.0 Å². The first kappa shape index (κ1) is 20.5. The molecule has 160 valence electrons. The number of nitrogens with two attached hydrogens (primary N) is 1. The normalized spacial score (nSPS) is 30.8. The zero-order chi connectivity index (χ0) is 20.4. The number of ether oxygens (including phenoxy) is 2. The molecule has 1 spiro atoms. The SMILES string of the molecule is CC.COc1cccc2c1OCC[C@]21C[NH2+]C[C@H]1C(=O)N1CCCCC1C1CC1. The molecule has 1 unspecified atom stereocenters. The third-order valence-corrected chi connectivity index (χ3v) is 7.40. The Morgan fingerprint density at radius 3 is 2.83 bits per heavy atom. The van der Waals surface area contributed by atoms with Gasteiger partial charge in [0.1, 0.15) is 5.92 Å². The quantitative estimate of drug-likeness (QED) is 0.847. The maximum Gasteiger partial charge on any atom is 0.232 e. The Kier molecular flexibility index (Phi) is 6.05. The lowest BCUT2D eigenvalue weighted by Crippen LogP contribution is -2.82. The molecule has 1 amide bonds. The minimum absolute atomic E-state index is 0.0478. The molecule has 0 aromatic heterocycles. The van der Waals surface area contributed by atoms with Crippen LogP contribution in [0.25, 0.3) is 0 Å². The van der Waals surface area contributed by atoms with Crippen molar-refractivity contribution in [2.24, 2.45) is 11.8 Å². The highest BCUT2D eigenvalue weighted by molar-refractivity contribution is 5.82. The molecule has 1 aromatic carbocycles. The monoisotopic (exact) mass is 401 g/mol. The molecule has 1 saturated carbocycles. The van der Waals surface area contributed by atoms with Crippen LogP contribution in [0.2, 0.25) is 0 Å². The molecule has 5 rings (SSSR count). The Hall–Kier alpha value is -1.75. The van der Waals surface area contributed by atoms with Crippen molar-refractivity contribution >= 4 is 5.91 Å². The van der Waals surface area contributed by atoms with E-state index >= 15 is 0 Å². The van der Waals surface area contributed by atoms with E-state index in [1.165, 1.54) is 31.2 Å². The number of carbonyl (C=O) groups excluding carboxylic acids is 1. The maximum absolute atomic E-state index is 13.8. The van der Waals surface area contributed by atoms with Gasteiger partial charge in [-0.15, -0.1) is 0 Å². The molecule has 3 heterocycles. The fourth-order valence-electron chi connectivity index (χ4n) is 5.88. The molecule has 4 aliphatic rings. The van der Waals surface area contributed by atoms with Crippen molar-refractivity contribution in [1.29, 1.82) is 0 Å². The molecule has 5 heteroatoms. The van der Waals surface area contributed by atoms with Crippen molar-refractivity contribution in [3.8, 4) is 11.5 Å². The van der Waals surface area contributed by atoms with Crippen molar-refractivity contribution < 1.29 is 19.6 Å². The maximum atomic E-state index is 13.8. The van der Waals surface area contributed by atoms with Crippen LogP contribution in [0.15, 0.2) is 18.2 Å². The molecule has 1 aromatic rings. The first-order valence-electron chi connectivity index (χ1n) is 11.7. The minimum Gasteiger partial charge on any atom is -0.493 e. The highest BCUT2D eigenvalue weighted by Crippen LogP contribution is 2.49. The second-order valence-electron chi connectivity index (χ2n) is 8.80.